The molecule has 0 bridgehead atoms. The standard InChI is InChI=1S/C18H19N5O3/c1-22-17-13(10-20-22)18(25)23(11-19-17)8-6-16(24)21-14-7-9-26-15-5-3-2-4-12(14)15/h2-5,10-11,14H,6-9H2,1H3,(H,21,24). The van der Waals surface area contributed by atoms with Gasteiger partial charge in [0.05, 0.1) is 25.2 Å². The van der Waals surface area contributed by atoms with Gasteiger partial charge in [-0.05, 0) is 6.07 Å². The second-order valence-electron chi connectivity index (χ2n) is 6.29. The molecule has 0 radical (unpaired) electrons. The first-order chi connectivity index (χ1) is 12.6. The highest BCUT2D eigenvalue weighted by Gasteiger charge is 2.22. The van der Waals surface area contributed by atoms with Gasteiger partial charge >= 0.3 is 0 Å². The first-order valence-electron chi connectivity index (χ1n) is 8.52. The Morgan fingerprint density at radius 2 is 2.23 bits per heavy atom. The van der Waals surface area contributed by atoms with Crippen molar-refractivity contribution < 1.29 is 9.53 Å². The minimum absolute atomic E-state index is 0.0666. The van der Waals surface area contributed by atoms with Gasteiger partial charge in [-0.2, -0.15) is 5.10 Å². The van der Waals surface area contributed by atoms with Gasteiger partial charge in [0, 0.05) is 32.0 Å². The SMILES string of the molecule is Cn1ncc2c(=O)n(CCC(=O)NC3CCOc4ccccc43)cnc21. The third kappa shape index (κ3) is 2.94. The number of aryl methyl sites for hydroxylation is 2. The van der Waals surface area contributed by atoms with Crippen LogP contribution in [0.25, 0.3) is 11.0 Å². The van der Waals surface area contributed by atoms with Crippen molar-refractivity contribution in [3.63, 3.8) is 0 Å². The van der Waals surface area contributed by atoms with Crippen LogP contribution in [0.2, 0.25) is 0 Å². The van der Waals surface area contributed by atoms with Gasteiger partial charge in [0.25, 0.3) is 5.56 Å². The van der Waals surface area contributed by atoms with E-state index in [4.69, 9.17) is 4.74 Å². The quantitative estimate of drug-likeness (QED) is 0.760. The summed E-state index contributed by atoms with van der Waals surface area (Å²) in [6.45, 7) is 0.844. The van der Waals surface area contributed by atoms with Crippen molar-refractivity contribution in [2.24, 2.45) is 7.05 Å². The van der Waals surface area contributed by atoms with E-state index in [9.17, 15) is 9.59 Å². The number of fused-ring (bicyclic) bond motifs is 2. The minimum atomic E-state index is -0.188. The van der Waals surface area contributed by atoms with Crippen LogP contribution in [0.5, 0.6) is 5.75 Å². The molecule has 8 heteroatoms. The van der Waals surface area contributed by atoms with E-state index in [1.54, 1.807) is 11.7 Å². The molecule has 8 nitrogen and oxygen atoms in total. The van der Waals surface area contributed by atoms with Crippen LogP contribution >= 0.6 is 0 Å². The Morgan fingerprint density at radius 1 is 1.38 bits per heavy atom. The summed E-state index contributed by atoms with van der Waals surface area (Å²) in [5.41, 5.74) is 1.34. The number of nitrogens with zero attached hydrogens (tertiary/aromatic N) is 4. The van der Waals surface area contributed by atoms with E-state index in [2.05, 4.69) is 15.4 Å². The first-order valence-corrected chi connectivity index (χ1v) is 8.52. The van der Waals surface area contributed by atoms with Crippen LogP contribution in [-0.2, 0) is 18.4 Å². The van der Waals surface area contributed by atoms with Gasteiger partial charge in [-0.15, -0.1) is 0 Å². The van der Waals surface area contributed by atoms with Crippen LogP contribution in [0.3, 0.4) is 0 Å². The number of ether oxygens (including phenoxy) is 1. The average Bonchev–Trinajstić information content (AvgIpc) is 3.03. The molecular weight excluding hydrogens is 334 g/mol. The number of benzene rings is 1. The predicted molar refractivity (Wildman–Crippen MR) is 94.8 cm³/mol. The number of hydrogen-bond acceptors (Lipinski definition) is 5. The number of amides is 1. The summed E-state index contributed by atoms with van der Waals surface area (Å²) in [6.07, 6.45) is 3.89. The van der Waals surface area contributed by atoms with Crippen LogP contribution in [0, 0.1) is 0 Å². The van der Waals surface area contributed by atoms with Gasteiger partial charge in [-0.3, -0.25) is 18.8 Å². The molecule has 1 amide bonds. The number of rotatable bonds is 4. The Morgan fingerprint density at radius 3 is 3.12 bits per heavy atom. The van der Waals surface area contributed by atoms with E-state index < -0.39 is 0 Å². The van der Waals surface area contributed by atoms with Gasteiger partial charge in [-0.25, -0.2) is 4.98 Å². The number of aromatic nitrogens is 4. The van der Waals surface area contributed by atoms with E-state index in [0.29, 0.717) is 17.6 Å². The predicted octanol–water partition coefficient (Wildman–Crippen LogP) is 1.16. The summed E-state index contributed by atoms with van der Waals surface area (Å²) in [7, 11) is 1.73. The van der Waals surface area contributed by atoms with Crippen LogP contribution in [0.1, 0.15) is 24.4 Å². The molecule has 1 atom stereocenters. The maximum atomic E-state index is 12.4. The Balaban J connectivity index is 1.44. The molecule has 0 saturated heterocycles. The molecule has 0 fully saturated rings. The molecule has 1 unspecified atom stereocenters. The number of carbonyl (C=O) groups is 1. The van der Waals surface area contributed by atoms with Gasteiger partial charge in [-0.1, -0.05) is 18.2 Å². The smallest absolute Gasteiger partial charge is 0.264 e. The summed E-state index contributed by atoms with van der Waals surface area (Å²) < 4.78 is 8.61. The fourth-order valence-electron chi connectivity index (χ4n) is 3.21. The topological polar surface area (TPSA) is 91.0 Å². The van der Waals surface area contributed by atoms with Crippen molar-refractivity contribution in [1.82, 2.24) is 24.6 Å². The normalized spacial score (nSPS) is 16.1. The van der Waals surface area contributed by atoms with Crippen LogP contribution in [0.4, 0.5) is 0 Å². The molecule has 0 saturated carbocycles. The van der Waals surface area contributed by atoms with Gasteiger partial charge < -0.3 is 10.1 Å². The maximum Gasteiger partial charge on any atom is 0.264 e. The van der Waals surface area contributed by atoms with Crippen LogP contribution in [0.15, 0.2) is 41.6 Å². The van der Waals surface area contributed by atoms with Crippen molar-refractivity contribution in [2.45, 2.75) is 25.4 Å². The van der Waals surface area contributed by atoms with Crippen molar-refractivity contribution in [3.05, 3.63) is 52.7 Å². The highest BCUT2D eigenvalue weighted by atomic mass is 16.5. The largest absolute Gasteiger partial charge is 0.493 e. The Bertz CT molecular complexity index is 1020. The fourth-order valence-corrected chi connectivity index (χ4v) is 3.21. The van der Waals surface area contributed by atoms with Crippen molar-refractivity contribution >= 4 is 16.9 Å². The lowest BCUT2D eigenvalue weighted by Crippen LogP contribution is -2.33. The molecule has 3 aromatic rings. The third-order valence-corrected chi connectivity index (χ3v) is 4.59. The third-order valence-electron chi connectivity index (χ3n) is 4.59. The van der Waals surface area contributed by atoms with Gasteiger partial charge in [0.1, 0.15) is 11.1 Å². The van der Waals surface area contributed by atoms with E-state index in [1.807, 2.05) is 24.3 Å². The number of para-hydroxylation sites is 1. The molecular formula is C18H19N5O3. The molecule has 3 heterocycles. The molecule has 1 aromatic carbocycles. The molecule has 1 N–H and O–H groups in total. The van der Waals surface area contributed by atoms with E-state index in [0.717, 1.165) is 17.7 Å². The molecule has 0 spiro atoms. The number of carbonyl (C=O) groups excluding carboxylic acids is 1. The van der Waals surface area contributed by atoms with Crippen molar-refractivity contribution in [2.75, 3.05) is 6.61 Å². The monoisotopic (exact) mass is 353 g/mol. The van der Waals surface area contributed by atoms with Crippen LogP contribution < -0.4 is 15.6 Å². The lowest BCUT2D eigenvalue weighted by Gasteiger charge is -2.26. The highest BCUT2D eigenvalue weighted by Crippen LogP contribution is 2.31. The molecule has 4 rings (SSSR count). The average molecular weight is 353 g/mol. The van der Waals surface area contributed by atoms with Gasteiger partial charge in [0.15, 0.2) is 5.65 Å². The highest BCUT2D eigenvalue weighted by molar-refractivity contribution is 5.76. The zero-order valence-corrected chi connectivity index (χ0v) is 14.4. The zero-order chi connectivity index (χ0) is 18.1. The van der Waals surface area contributed by atoms with Crippen molar-refractivity contribution in [1.29, 1.82) is 0 Å². The molecule has 1 aliphatic rings. The van der Waals surface area contributed by atoms with Crippen LogP contribution in [-0.4, -0.2) is 31.8 Å². The lowest BCUT2D eigenvalue weighted by molar-refractivity contribution is -0.122. The van der Waals surface area contributed by atoms with Gasteiger partial charge in [0.2, 0.25) is 5.91 Å². The summed E-state index contributed by atoms with van der Waals surface area (Å²) in [4.78, 5) is 29.0. The lowest BCUT2D eigenvalue weighted by atomic mass is 10.0. The second kappa shape index (κ2) is 6.62. The fraction of sp³-hybridized carbons (Fsp3) is 0.333. The summed E-state index contributed by atoms with van der Waals surface area (Å²) >= 11 is 0. The second-order valence-corrected chi connectivity index (χ2v) is 6.29. The summed E-state index contributed by atoms with van der Waals surface area (Å²) in [5, 5.41) is 7.53. The molecule has 26 heavy (non-hydrogen) atoms. The molecule has 2 aromatic heterocycles. The Hall–Kier alpha value is -3.16. The first kappa shape index (κ1) is 16.3. The van der Waals surface area contributed by atoms with E-state index in [1.165, 1.54) is 17.1 Å². The maximum absolute atomic E-state index is 12.4. The summed E-state index contributed by atoms with van der Waals surface area (Å²) in [5.74, 6) is 0.705. The van der Waals surface area contributed by atoms with Crippen molar-refractivity contribution in [3.8, 4) is 5.75 Å². The minimum Gasteiger partial charge on any atom is -0.493 e. The Labute approximate surface area is 149 Å². The van der Waals surface area contributed by atoms with E-state index >= 15 is 0 Å². The number of nitrogens with one attached hydrogen (secondary N) is 1. The summed E-state index contributed by atoms with van der Waals surface area (Å²) in [6, 6.07) is 7.65. The molecule has 134 valence electrons. The molecule has 0 aliphatic carbocycles. The zero-order valence-electron chi connectivity index (χ0n) is 14.4. The number of hydrogen-bond donors (Lipinski definition) is 1. The van der Waals surface area contributed by atoms with E-state index in [-0.39, 0.29) is 30.5 Å². The Kier molecular flexibility index (Phi) is 4.16. The molecule has 1 aliphatic heterocycles.